The molecule has 1 aromatic carbocycles. The Labute approximate surface area is 126 Å². The van der Waals surface area contributed by atoms with Crippen molar-refractivity contribution in [3.63, 3.8) is 0 Å². The molecule has 0 unspecified atom stereocenters. The third-order valence-corrected chi connectivity index (χ3v) is 3.95. The fourth-order valence-corrected chi connectivity index (χ4v) is 2.95. The van der Waals surface area contributed by atoms with Crippen molar-refractivity contribution in [2.24, 2.45) is 0 Å². The van der Waals surface area contributed by atoms with Crippen LogP contribution in [0.4, 0.5) is 5.69 Å². The summed E-state index contributed by atoms with van der Waals surface area (Å²) in [5, 5.41) is 8.22. The number of nitrogens with zero attached hydrogens (tertiary/aromatic N) is 1. The van der Waals surface area contributed by atoms with Crippen molar-refractivity contribution in [3.8, 4) is 11.3 Å². The van der Waals surface area contributed by atoms with Gasteiger partial charge in [-0.1, -0.05) is 24.3 Å². The van der Waals surface area contributed by atoms with Crippen LogP contribution in [-0.4, -0.2) is 23.7 Å². The molecule has 0 radical (unpaired) electrons. The van der Waals surface area contributed by atoms with E-state index in [-0.39, 0.29) is 5.91 Å². The molecule has 5 nitrogen and oxygen atoms in total. The molecule has 4 rings (SSSR count). The van der Waals surface area contributed by atoms with Crippen LogP contribution in [0, 0.1) is 0 Å². The lowest BCUT2D eigenvalue weighted by Crippen LogP contribution is -2.30. The van der Waals surface area contributed by atoms with Gasteiger partial charge in [-0.25, -0.2) is 0 Å². The first-order chi connectivity index (χ1) is 10.8. The fourth-order valence-electron chi connectivity index (χ4n) is 2.95. The first kappa shape index (κ1) is 12.8. The molecular weight excluding hydrogens is 278 g/mol. The number of rotatable bonds is 2. The molecule has 0 aliphatic carbocycles. The van der Waals surface area contributed by atoms with E-state index in [1.807, 2.05) is 24.3 Å². The number of pyridine rings is 1. The highest BCUT2D eigenvalue weighted by Crippen LogP contribution is 2.25. The number of aldehydes is 1. The molecule has 5 heteroatoms. The number of benzene rings is 1. The summed E-state index contributed by atoms with van der Waals surface area (Å²) in [6, 6.07) is 7.35. The van der Waals surface area contributed by atoms with Gasteiger partial charge in [0.1, 0.15) is 6.29 Å². The summed E-state index contributed by atoms with van der Waals surface area (Å²) >= 11 is 0. The zero-order valence-corrected chi connectivity index (χ0v) is 11.7. The standard InChI is InChI=1S/C17H13N3O2/c21-9-10-2-1-3-11(6-10)16-17-15-12(7-18-16)4-5-14(22)20-13(15)8-19-17/h1-4,6-7,9,19H,5,8H2,(H,20,22). The number of carbonyl (C=O) groups is 2. The summed E-state index contributed by atoms with van der Waals surface area (Å²) in [4.78, 5) is 27.2. The number of carbonyl (C=O) groups excluding carboxylic acids is 2. The van der Waals surface area contributed by atoms with E-state index in [4.69, 9.17) is 0 Å². The van der Waals surface area contributed by atoms with Crippen LogP contribution in [0.5, 0.6) is 0 Å². The molecule has 1 amide bonds. The monoisotopic (exact) mass is 291 g/mol. The Morgan fingerprint density at radius 2 is 2.18 bits per heavy atom. The van der Waals surface area contributed by atoms with Gasteiger partial charge < -0.3 is 10.6 Å². The average Bonchev–Trinajstić information content (AvgIpc) is 2.89. The molecule has 2 aromatic rings. The third kappa shape index (κ3) is 1.90. The fraction of sp³-hybridized carbons (Fsp3) is 0.118. The van der Waals surface area contributed by atoms with Crippen LogP contribution >= 0.6 is 0 Å². The molecular formula is C17H13N3O2. The lowest BCUT2D eigenvalue weighted by Gasteiger charge is -2.08. The Hall–Kier alpha value is -2.95. The molecule has 1 aromatic heterocycles. The van der Waals surface area contributed by atoms with Gasteiger partial charge in [0.15, 0.2) is 0 Å². The van der Waals surface area contributed by atoms with E-state index in [1.165, 1.54) is 0 Å². The molecule has 2 aliphatic rings. The molecule has 0 saturated heterocycles. The molecule has 2 aliphatic heterocycles. The topological polar surface area (TPSA) is 71.1 Å². The number of nitrogens with one attached hydrogen (secondary N) is 2. The zero-order chi connectivity index (χ0) is 15.1. The molecule has 0 saturated carbocycles. The summed E-state index contributed by atoms with van der Waals surface area (Å²) in [5.41, 5.74) is 4.09. The van der Waals surface area contributed by atoms with Crippen molar-refractivity contribution in [3.05, 3.63) is 46.5 Å². The van der Waals surface area contributed by atoms with Crippen molar-refractivity contribution < 1.29 is 9.59 Å². The molecule has 108 valence electrons. The van der Waals surface area contributed by atoms with Gasteiger partial charge in [0.25, 0.3) is 0 Å². The Morgan fingerprint density at radius 3 is 3.05 bits per heavy atom. The first-order valence-corrected chi connectivity index (χ1v) is 7.08. The van der Waals surface area contributed by atoms with Gasteiger partial charge in [0, 0.05) is 39.9 Å². The first-order valence-electron chi connectivity index (χ1n) is 7.08. The minimum Gasteiger partial charge on any atom is -0.377 e. The Bertz CT molecular complexity index is 931. The summed E-state index contributed by atoms with van der Waals surface area (Å²) in [6.45, 7) is 0.577. The number of hydrogen-bond donors (Lipinski definition) is 2. The van der Waals surface area contributed by atoms with Crippen molar-refractivity contribution in [2.75, 3.05) is 11.9 Å². The van der Waals surface area contributed by atoms with E-state index in [9.17, 15) is 9.59 Å². The van der Waals surface area contributed by atoms with Crippen molar-refractivity contribution in [1.29, 1.82) is 0 Å². The van der Waals surface area contributed by atoms with Crippen LogP contribution < -0.4 is 21.1 Å². The van der Waals surface area contributed by atoms with E-state index in [2.05, 4.69) is 15.6 Å². The van der Waals surface area contributed by atoms with Crippen molar-refractivity contribution >= 4 is 29.7 Å². The van der Waals surface area contributed by atoms with Gasteiger partial charge in [0.2, 0.25) is 5.91 Å². The van der Waals surface area contributed by atoms with Crippen LogP contribution in [0.15, 0.2) is 30.5 Å². The van der Waals surface area contributed by atoms with Crippen LogP contribution in [-0.2, 0) is 4.79 Å². The second-order valence-electron chi connectivity index (χ2n) is 5.34. The highest BCUT2D eigenvalue weighted by Gasteiger charge is 2.21. The van der Waals surface area contributed by atoms with Crippen LogP contribution in [0.3, 0.4) is 0 Å². The molecule has 2 N–H and O–H groups in total. The molecule has 0 bridgehead atoms. The normalized spacial score (nSPS) is 15.3. The van der Waals surface area contributed by atoms with Gasteiger partial charge in [-0.05, 0) is 6.07 Å². The van der Waals surface area contributed by atoms with Crippen LogP contribution in [0.1, 0.15) is 16.8 Å². The van der Waals surface area contributed by atoms with E-state index in [0.717, 1.165) is 39.4 Å². The van der Waals surface area contributed by atoms with Gasteiger partial charge in [0.05, 0.1) is 17.9 Å². The predicted molar refractivity (Wildman–Crippen MR) is 83.4 cm³/mol. The van der Waals surface area contributed by atoms with E-state index < -0.39 is 0 Å². The van der Waals surface area contributed by atoms with E-state index in [1.54, 1.807) is 12.3 Å². The van der Waals surface area contributed by atoms with Gasteiger partial charge >= 0.3 is 0 Å². The quantitative estimate of drug-likeness (QED) is 0.786. The minimum absolute atomic E-state index is 0.00893. The SMILES string of the molecule is O=Cc1cccc(-c2ncc3c4c2NCC=4NC(=O)CC=3)c1. The van der Waals surface area contributed by atoms with Gasteiger partial charge in [-0.3, -0.25) is 14.6 Å². The maximum Gasteiger partial charge on any atom is 0.228 e. The van der Waals surface area contributed by atoms with Crippen LogP contribution in [0.2, 0.25) is 0 Å². The Morgan fingerprint density at radius 1 is 1.27 bits per heavy atom. The maximum atomic E-state index is 11.7. The predicted octanol–water partition coefficient (Wildman–Crippen LogP) is 0.395. The lowest BCUT2D eigenvalue weighted by molar-refractivity contribution is -0.118. The highest BCUT2D eigenvalue weighted by molar-refractivity contribution is 5.92. The summed E-state index contributed by atoms with van der Waals surface area (Å²) in [5.74, 6) is -0.00893. The number of amides is 1. The van der Waals surface area contributed by atoms with E-state index in [0.29, 0.717) is 18.5 Å². The van der Waals surface area contributed by atoms with Crippen molar-refractivity contribution in [2.45, 2.75) is 6.42 Å². The lowest BCUT2D eigenvalue weighted by atomic mass is 10.1. The number of aromatic nitrogens is 1. The second kappa shape index (κ2) is 4.80. The second-order valence-corrected chi connectivity index (χ2v) is 5.34. The summed E-state index contributed by atoms with van der Waals surface area (Å²) in [7, 11) is 0. The number of anilines is 1. The maximum absolute atomic E-state index is 11.7. The van der Waals surface area contributed by atoms with Crippen LogP contribution in [0.25, 0.3) is 23.0 Å². The Kier molecular flexibility index (Phi) is 2.79. The molecule has 0 fully saturated rings. The van der Waals surface area contributed by atoms with Gasteiger partial charge in [-0.2, -0.15) is 0 Å². The Balaban J connectivity index is 1.99. The molecule has 22 heavy (non-hydrogen) atoms. The molecule has 3 heterocycles. The summed E-state index contributed by atoms with van der Waals surface area (Å²) in [6.07, 6.45) is 4.87. The van der Waals surface area contributed by atoms with Crippen molar-refractivity contribution in [1.82, 2.24) is 10.3 Å². The smallest absolute Gasteiger partial charge is 0.228 e. The minimum atomic E-state index is -0.00893. The molecule has 0 spiro atoms. The number of hydrogen-bond acceptors (Lipinski definition) is 4. The average molecular weight is 291 g/mol. The van der Waals surface area contributed by atoms with Gasteiger partial charge in [-0.15, -0.1) is 0 Å². The largest absolute Gasteiger partial charge is 0.377 e. The highest BCUT2D eigenvalue weighted by atomic mass is 16.1. The third-order valence-electron chi connectivity index (χ3n) is 3.95. The summed E-state index contributed by atoms with van der Waals surface area (Å²) < 4.78 is 0. The molecule has 0 atom stereocenters. The zero-order valence-electron chi connectivity index (χ0n) is 11.7. The van der Waals surface area contributed by atoms with E-state index >= 15 is 0 Å².